The number of nitrogens with zero attached hydrogens (tertiary/aromatic N) is 8. The number of hydrogen-bond acceptors (Lipinski definition) is 7. The van der Waals surface area contributed by atoms with E-state index in [0.717, 1.165) is 6.20 Å². The molecule has 0 unspecified atom stereocenters. The van der Waals surface area contributed by atoms with Gasteiger partial charge in [-0.15, -0.1) is 0 Å². The van der Waals surface area contributed by atoms with Crippen LogP contribution in [0.15, 0.2) is 18.5 Å². The van der Waals surface area contributed by atoms with Gasteiger partial charge >= 0.3 is 6.18 Å². The van der Waals surface area contributed by atoms with Crippen molar-refractivity contribution >= 4 is 28.7 Å². The average Bonchev–Trinajstić information content (AvgIpc) is 3.29. The third kappa shape index (κ3) is 4.36. The Morgan fingerprint density at radius 2 is 1.89 bits per heavy atom. The molecule has 35 heavy (non-hydrogen) atoms. The largest absolute Gasteiger partial charge is 0.451 e. The van der Waals surface area contributed by atoms with Gasteiger partial charge in [-0.3, -0.25) is 9.69 Å². The Balaban J connectivity index is 1.32. The standard InChI is InChI=1S/C21H21F5N8O/c1-12-13-9-28-19(30-17(13)34(31-12)10-14(22)23)32-6-3-20(4-7-32)8-16(35)33(11-20)15-2-5-27-18(29-15)21(24,25)26/h2,5,9,14H,3-4,6-8,10-11H2,1H3. The van der Waals surface area contributed by atoms with E-state index in [1.54, 1.807) is 13.1 Å². The van der Waals surface area contributed by atoms with E-state index in [-0.39, 0.29) is 24.7 Å². The quantitative estimate of drug-likeness (QED) is 0.512. The van der Waals surface area contributed by atoms with Crippen molar-refractivity contribution in [2.75, 3.05) is 29.4 Å². The number of carbonyl (C=O) groups is 1. The summed E-state index contributed by atoms with van der Waals surface area (Å²) in [6, 6.07) is 1.30. The number of alkyl halides is 5. The second-order valence-corrected chi connectivity index (χ2v) is 8.95. The number of amides is 1. The molecule has 5 heterocycles. The number of piperidine rings is 1. The third-order valence-electron chi connectivity index (χ3n) is 6.57. The van der Waals surface area contributed by atoms with E-state index >= 15 is 0 Å². The second-order valence-electron chi connectivity index (χ2n) is 8.95. The molecular weight excluding hydrogens is 475 g/mol. The van der Waals surface area contributed by atoms with Crippen LogP contribution in [0, 0.1) is 12.3 Å². The van der Waals surface area contributed by atoms with Gasteiger partial charge in [0.2, 0.25) is 17.7 Å². The molecule has 0 N–H and O–H groups in total. The van der Waals surface area contributed by atoms with Crippen molar-refractivity contribution in [3.05, 3.63) is 30.0 Å². The molecule has 0 saturated carbocycles. The van der Waals surface area contributed by atoms with Crippen LogP contribution >= 0.6 is 0 Å². The predicted octanol–water partition coefficient (Wildman–Crippen LogP) is 3.23. The highest BCUT2D eigenvalue weighted by molar-refractivity contribution is 5.95. The highest BCUT2D eigenvalue weighted by Crippen LogP contribution is 2.43. The molecule has 0 aromatic carbocycles. The van der Waals surface area contributed by atoms with Crippen LogP contribution in [-0.4, -0.2) is 61.7 Å². The Bertz CT molecular complexity index is 1270. The van der Waals surface area contributed by atoms with Gasteiger partial charge in [0.25, 0.3) is 6.43 Å². The first-order chi connectivity index (χ1) is 16.5. The summed E-state index contributed by atoms with van der Waals surface area (Å²) in [6.45, 7) is 2.41. The highest BCUT2D eigenvalue weighted by atomic mass is 19.4. The highest BCUT2D eigenvalue weighted by Gasteiger charge is 2.46. The van der Waals surface area contributed by atoms with Crippen molar-refractivity contribution in [2.45, 2.75) is 45.3 Å². The van der Waals surface area contributed by atoms with Crippen molar-refractivity contribution in [3.8, 4) is 0 Å². The van der Waals surface area contributed by atoms with E-state index in [0.29, 0.717) is 48.6 Å². The van der Waals surface area contributed by atoms with E-state index in [1.807, 2.05) is 4.90 Å². The lowest BCUT2D eigenvalue weighted by Crippen LogP contribution is -2.42. The van der Waals surface area contributed by atoms with E-state index in [9.17, 15) is 26.7 Å². The summed E-state index contributed by atoms with van der Waals surface area (Å²) in [4.78, 5) is 31.6. The summed E-state index contributed by atoms with van der Waals surface area (Å²) < 4.78 is 66.1. The smallest absolute Gasteiger partial charge is 0.341 e. The molecular formula is C21H21F5N8O. The number of rotatable bonds is 4. The van der Waals surface area contributed by atoms with Crippen LogP contribution in [-0.2, 0) is 17.5 Å². The number of anilines is 2. The van der Waals surface area contributed by atoms with Crippen molar-refractivity contribution in [2.24, 2.45) is 5.41 Å². The number of aryl methyl sites for hydroxylation is 1. The van der Waals surface area contributed by atoms with Crippen LogP contribution in [0.2, 0.25) is 0 Å². The van der Waals surface area contributed by atoms with Crippen molar-refractivity contribution in [1.29, 1.82) is 0 Å². The van der Waals surface area contributed by atoms with Gasteiger partial charge in [0, 0.05) is 43.9 Å². The maximum atomic E-state index is 13.0. The molecule has 2 aliphatic rings. The molecule has 3 aromatic rings. The van der Waals surface area contributed by atoms with Gasteiger partial charge in [0.05, 0.1) is 11.1 Å². The second kappa shape index (κ2) is 8.34. The molecule has 2 aliphatic heterocycles. The Labute approximate surface area is 196 Å². The number of hydrogen-bond donors (Lipinski definition) is 0. The monoisotopic (exact) mass is 496 g/mol. The summed E-state index contributed by atoms with van der Waals surface area (Å²) in [5.41, 5.74) is 0.488. The minimum atomic E-state index is -4.70. The molecule has 5 rings (SSSR count). The molecule has 0 bridgehead atoms. The maximum Gasteiger partial charge on any atom is 0.451 e. The van der Waals surface area contributed by atoms with E-state index in [2.05, 4.69) is 25.0 Å². The Morgan fingerprint density at radius 1 is 1.14 bits per heavy atom. The summed E-state index contributed by atoms with van der Waals surface area (Å²) >= 11 is 0. The molecule has 0 radical (unpaired) electrons. The van der Waals surface area contributed by atoms with Gasteiger partial charge in [0.1, 0.15) is 12.4 Å². The lowest BCUT2D eigenvalue weighted by Gasteiger charge is -2.38. The Kier molecular flexibility index (Phi) is 5.55. The lowest BCUT2D eigenvalue weighted by atomic mass is 9.77. The molecule has 14 heteroatoms. The number of carbonyl (C=O) groups excluding carboxylic acids is 1. The Hall–Kier alpha value is -3.45. The molecule has 9 nitrogen and oxygen atoms in total. The Morgan fingerprint density at radius 3 is 2.57 bits per heavy atom. The SMILES string of the molecule is Cc1nn(CC(F)F)c2nc(N3CCC4(CC3)CC(=O)N(c3ccnc(C(F)(F)F)n3)C4)ncc12. The molecule has 0 atom stereocenters. The summed E-state index contributed by atoms with van der Waals surface area (Å²) in [6.07, 6.45) is -3.33. The minimum absolute atomic E-state index is 0.0620. The van der Waals surface area contributed by atoms with Crippen molar-refractivity contribution < 1.29 is 26.7 Å². The predicted molar refractivity (Wildman–Crippen MR) is 114 cm³/mol. The molecule has 3 aromatic heterocycles. The third-order valence-corrected chi connectivity index (χ3v) is 6.57. The molecule has 186 valence electrons. The first-order valence-electron chi connectivity index (χ1n) is 11.0. The molecule has 2 fully saturated rings. The first-order valence-corrected chi connectivity index (χ1v) is 11.0. The lowest BCUT2D eigenvalue weighted by molar-refractivity contribution is -0.145. The minimum Gasteiger partial charge on any atom is -0.341 e. The van der Waals surface area contributed by atoms with Crippen LogP contribution in [0.3, 0.4) is 0 Å². The van der Waals surface area contributed by atoms with Crippen LogP contribution in [0.25, 0.3) is 11.0 Å². The van der Waals surface area contributed by atoms with Gasteiger partial charge in [-0.2, -0.15) is 23.3 Å². The van der Waals surface area contributed by atoms with Crippen LogP contribution in [0.1, 0.15) is 30.8 Å². The fraction of sp³-hybridized carbons (Fsp3) is 0.524. The van der Waals surface area contributed by atoms with Crippen LogP contribution in [0.4, 0.5) is 33.7 Å². The summed E-state index contributed by atoms with van der Waals surface area (Å²) in [5, 5.41) is 4.73. The van der Waals surface area contributed by atoms with Gasteiger partial charge < -0.3 is 4.90 Å². The van der Waals surface area contributed by atoms with E-state index < -0.39 is 30.4 Å². The van der Waals surface area contributed by atoms with Crippen molar-refractivity contribution in [1.82, 2.24) is 29.7 Å². The molecule has 1 spiro atoms. The van der Waals surface area contributed by atoms with Crippen LogP contribution < -0.4 is 9.80 Å². The van der Waals surface area contributed by atoms with E-state index in [1.165, 1.54) is 15.6 Å². The van der Waals surface area contributed by atoms with Gasteiger partial charge in [-0.05, 0) is 25.8 Å². The number of aromatic nitrogens is 6. The van der Waals surface area contributed by atoms with Gasteiger partial charge in [0.15, 0.2) is 5.65 Å². The zero-order valence-electron chi connectivity index (χ0n) is 18.6. The fourth-order valence-electron chi connectivity index (χ4n) is 4.76. The molecule has 0 aliphatic carbocycles. The number of fused-ring (bicyclic) bond motifs is 1. The van der Waals surface area contributed by atoms with Crippen LogP contribution in [0.5, 0.6) is 0 Å². The first kappa shape index (κ1) is 23.3. The maximum absolute atomic E-state index is 13.0. The fourth-order valence-corrected chi connectivity index (χ4v) is 4.76. The molecule has 1 amide bonds. The van der Waals surface area contributed by atoms with Gasteiger partial charge in [-0.1, -0.05) is 0 Å². The topological polar surface area (TPSA) is 92.9 Å². The number of halogens is 5. The van der Waals surface area contributed by atoms with Crippen molar-refractivity contribution in [3.63, 3.8) is 0 Å². The summed E-state index contributed by atoms with van der Waals surface area (Å²) in [5.74, 6) is -1.25. The van der Waals surface area contributed by atoms with Gasteiger partial charge in [-0.25, -0.2) is 28.4 Å². The zero-order chi connectivity index (χ0) is 25.0. The normalized spacial score (nSPS) is 18.4. The van der Waals surface area contributed by atoms with E-state index in [4.69, 9.17) is 0 Å². The summed E-state index contributed by atoms with van der Waals surface area (Å²) in [7, 11) is 0. The zero-order valence-corrected chi connectivity index (χ0v) is 18.6. The molecule has 2 saturated heterocycles. The average molecular weight is 496 g/mol.